The van der Waals surface area contributed by atoms with E-state index in [9.17, 15) is 0 Å². The van der Waals surface area contributed by atoms with E-state index in [4.69, 9.17) is 28.8 Å². The van der Waals surface area contributed by atoms with Crippen molar-refractivity contribution in [2.24, 2.45) is 5.92 Å². The van der Waals surface area contributed by atoms with Crippen LogP contribution in [0.4, 0.5) is 0 Å². The highest BCUT2D eigenvalue weighted by Crippen LogP contribution is 2.43. The van der Waals surface area contributed by atoms with E-state index in [1.807, 2.05) is 0 Å². The van der Waals surface area contributed by atoms with Gasteiger partial charge in [-0.1, -0.05) is 18.6 Å². The quantitative estimate of drug-likeness (QED) is 0.352. The Kier molecular flexibility index (Phi) is 10.7. The minimum Gasteiger partial charge on any atom is -0.394 e. The monoisotopic (exact) mass is 372 g/mol. The van der Waals surface area contributed by atoms with Crippen LogP contribution in [0.3, 0.4) is 0 Å². The smallest absolute Gasteiger partial charge is 0.0726 e. The van der Waals surface area contributed by atoms with E-state index >= 15 is 0 Å². The van der Waals surface area contributed by atoms with Gasteiger partial charge in [-0.25, -0.2) is 0 Å². The summed E-state index contributed by atoms with van der Waals surface area (Å²) >= 11 is 0. The third-order valence-corrected chi connectivity index (χ3v) is 4.88. The van der Waals surface area contributed by atoms with Crippen LogP contribution in [0, 0.1) is 5.92 Å². The molecule has 0 aromatic carbocycles. The molecule has 0 spiro atoms. The van der Waals surface area contributed by atoms with E-state index in [-0.39, 0.29) is 12.2 Å². The molecular formula is C20H36O6. The molecule has 0 radical (unpaired) electrons. The number of aliphatic hydroxyl groups is 1. The molecule has 0 saturated heterocycles. The first-order chi connectivity index (χ1) is 12.7. The van der Waals surface area contributed by atoms with Crippen molar-refractivity contribution in [3.63, 3.8) is 0 Å². The summed E-state index contributed by atoms with van der Waals surface area (Å²) < 4.78 is 27.8. The van der Waals surface area contributed by atoms with Crippen LogP contribution in [0.1, 0.15) is 39.0 Å². The maximum absolute atomic E-state index is 8.55. The van der Waals surface area contributed by atoms with Gasteiger partial charge in [-0.15, -0.1) is 0 Å². The molecule has 2 rings (SSSR count). The topological polar surface area (TPSA) is 66.4 Å². The third kappa shape index (κ3) is 8.46. The summed E-state index contributed by atoms with van der Waals surface area (Å²) in [5, 5.41) is 8.55. The van der Waals surface area contributed by atoms with Crippen LogP contribution in [-0.2, 0) is 23.7 Å². The lowest BCUT2D eigenvalue weighted by Gasteiger charge is -2.43. The third-order valence-electron chi connectivity index (χ3n) is 4.88. The van der Waals surface area contributed by atoms with Gasteiger partial charge in [0.05, 0.1) is 71.7 Å². The standard InChI is InChI=1S/C20H36O6/c1-18-15-19-3-2-4-20(16-18,17-19)26-14-13-25-12-11-24-10-9-23-8-7-22-6-5-21/h15,18,21H,2-14,16-17H2,1H3. The summed E-state index contributed by atoms with van der Waals surface area (Å²) in [5.41, 5.74) is 1.66. The van der Waals surface area contributed by atoms with Crippen LogP contribution in [0.25, 0.3) is 0 Å². The fourth-order valence-electron chi connectivity index (χ4n) is 3.92. The first-order valence-electron chi connectivity index (χ1n) is 9.99. The zero-order valence-corrected chi connectivity index (χ0v) is 16.2. The molecule has 2 unspecified atom stereocenters. The Balaban J connectivity index is 1.38. The van der Waals surface area contributed by atoms with E-state index in [2.05, 4.69) is 13.0 Å². The van der Waals surface area contributed by atoms with Crippen LogP contribution >= 0.6 is 0 Å². The fourth-order valence-corrected chi connectivity index (χ4v) is 3.92. The van der Waals surface area contributed by atoms with Crippen molar-refractivity contribution >= 4 is 0 Å². The molecule has 6 heteroatoms. The van der Waals surface area contributed by atoms with Gasteiger partial charge in [0.2, 0.25) is 0 Å². The average molecular weight is 373 g/mol. The van der Waals surface area contributed by atoms with Gasteiger partial charge < -0.3 is 28.8 Å². The van der Waals surface area contributed by atoms with E-state index in [0.29, 0.717) is 65.4 Å². The van der Waals surface area contributed by atoms with Crippen LogP contribution in [0.2, 0.25) is 0 Å². The Morgan fingerprint density at radius 3 is 2.12 bits per heavy atom. The van der Waals surface area contributed by atoms with Crippen LogP contribution in [-0.4, -0.2) is 76.8 Å². The minimum atomic E-state index is 0.0480. The van der Waals surface area contributed by atoms with Gasteiger partial charge in [-0.2, -0.15) is 0 Å². The number of hydrogen-bond acceptors (Lipinski definition) is 6. The van der Waals surface area contributed by atoms with Crippen molar-refractivity contribution in [1.82, 2.24) is 0 Å². The van der Waals surface area contributed by atoms with Gasteiger partial charge in [0.1, 0.15) is 0 Å². The molecule has 26 heavy (non-hydrogen) atoms. The molecule has 2 bridgehead atoms. The normalized spacial score (nSPS) is 25.3. The second-order valence-corrected chi connectivity index (χ2v) is 7.24. The summed E-state index contributed by atoms with van der Waals surface area (Å²) in [6.07, 6.45) is 8.39. The molecule has 0 aromatic rings. The molecule has 1 N–H and O–H groups in total. The maximum atomic E-state index is 8.55. The molecular weight excluding hydrogens is 336 g/mol. The van der Waals surface area contributed by atoms with Gasteiger partial charge in [-0.3, -0.25) is 0 Å². The maximum Gasteiger partial charge on any atom is 0.0726 e. The van der Waals surface area contributed by atoms with Gasteiger partial charge >= 0.3 is 0 Å². The SMILES string of the molecule is CC1C=C2CCCC(OCCOCCOCCOCCOCCO)(C2)C1. The molecule has 2 aliphatic carbocycles. The second-order valence-electron chi connectivity index (χ2n) is 7.24. The lowest BCUT2D eigenvalue weighted by Crippen LogP contribution is -2.40. The summed E-state index contributed by atoms with van der Waals surface area (Å²) in [7, 11) is 0. The highest BCUT2D eigenvalue weighted by molar-refractivity contribution is 5.17. The molecule has 0 amide bonds. The molecule has 1 fully saturated rings. The van der Waals surface area contributed by atoms with Crippen LogP contribution in [0.15, 0.2) is 11.6 Å². The largest absolute Gasteiger partial charge is 0.394 e. The summed E-state index contributed by atoms with van der Waals surface area (Å²) in [5.74, 6) is 0.636. The Bertz CT molecular complexity index is 400. The van der Waals surface area contributed by atoms with Gasteiger partial charge in [0.15, 0.2) is 0 Å². The number of ether oxygens (including phenoxy) is 5. The van der Waals surface area contributed by atoms with E-state index in [0.717, 1.165) is 12.8 Å². The average Bonchev–Trinajstić information content (AvgIpc) is 2.61. The number of aliphatic hydroxyl groups excluding tert-OH is 1. The van der Waals surface area contributed by atoms with Crippen LogP contribution in [0.5, 0.6) is 0 Å². The lowest BCUT2D eigenvalue weighted by atomic mass is 9.71. The number of hydrogen-bond donors (Lipinski definition) is 1. The van der Waals surface area contributed by atoms with Crippen molar-refractivity contribution < 1.29 is 28.8 Å². The summed E-state index contributed by atoms with van der Waals surface area (Å²) in [6, 6.07) is 0. The van der Waals surface area contributed by atoms with Crippen molar-refractivity contribution in [1.29, 1.82) is 0 Å². The van der Waals surface area contributed by atoms with Crippen LogP contribution < -0.4 is 0 Å². The van der Waals surface area contributed by atoms with Crippen molar-refractivity contribution in [3.05, 3.63) is 11.6 Å². The van der Waals surface area contributed by atoms with Crippen molar-refractivity contribution in [2.75, 3.05) is 66.1 Å². The Morgan fingerprint density at radius 2 is 1.50 bits per heavy atom. The molecule has 1 saturated carbocycles. The van der Waals surface area contributed by atoms with Gasteiger partial charge in [0.25, 0.3) is 0 Å². The Hall–Kier alpha value is -0.500. The first-order valence-corrected chi connectivity index (χ1v) is 9.99. The zero-order chi connectivity index (χ0) is 18.5. The second kappa shape index (κ2) is 12.8. The molecule has 152 valence electrons. The van der Waals surface area contributed by atoms with E-state index in [1.54, 1.807) is 5.57 Å². The van der Waals surface area contributed by atoms with E-state index < -0.39 is 0 Å². The Morgan fingerprint density at radius 1 is 0.923 bits per heavy atom. The highest BCUT2D eigenvalue weighted by atomic mass is 16.6. The summed E-state index contributed by atoms with van der Waals surface area (Å²) in [4.78, 5) is 0. The molecule has 0 heterocycles. The van der Waals surface area contributed by atoms with Gasteiger partial charge in [-0.05, 0) is 38.0 Å². The molecule has 2 aliphatic rings. The predicted octanol–water partition coefficient (Wildman–Crippen LogP) is 2.34. The predicted molar refractivity (Wildman–Crippen MR) is 99.4 cm³/mol. The molecule has 0 aliphatic heterocycles. The lowest BCUT2D eigenvalue weighted by molar-refractivity contribution is -0.0953. The number of fused-ring (bicyclic) bond motifs is 2. The summed E-state index contributed by atoms with van der Waals surface area (Å²) in [6.45, 7) is 7.26. The molecule has 2 atom stereocenters. The number of rotatable bonds is 15. The van der Waals surface area contributed by atoms with Crippen molar-refractivity contribution in [3.8, 4) is 0 Å². The highest BCUT2D eigenvalue weighted by Gasteiger charge is 2.38. The fraction of sp³-hybridized carbons (Fsp3) is 0.900. The number of allylic oxidation sites excluding steroid dienone is 1. The van der Waals surface area contributed by atoms with E-state index in [1.165, 1.54) is 19.3 Å². The minimum absolute atomic E-state index is 0.0480. The van der Waals surface area contributed by atoms with Gasteiger partial charge in [0, 0.05) is 0 Å². The zero-order valence-electron chi connectivity index (χ0n) is 16.2. The van der Waals surface area contributed by atoms with Crippen molar-refractivity contribution in [2.45, 2.75) is 44.6 Å². The Labute approximate surface area is 157 Å². The molecule has 0 aromatic heterocycles. The first kappa shape index (κ1) is 21.8. The molecule has 6 nitrogen and oxygen atoms in total.